The number of aromatic nitrogens is 1. The van der Waals surface area contributed by atoms with E-state index >= 15 is 0 Å². The molecule has 5 aromatic carbocycles. The number of fused-ring (bicyclic) bond motifs is 3. The summed E-state index contributed by atoms with van der Waals surface area (Å²) in [6.45, 7) is 0. The fraction of sp³-hybridized carbons (Fsp3) is 0.0323. The number of aromatic amines is 1. The first-order chi connectivity index (χ1) is 17.2. The van der Waals surface area contributed by atoms with E-state index in [9.17, 15) is 4.21 Å². The van der Waals surface area contributed by atoms with E-state index in [0.717, 1.165) is 38.6 Å². The lowest BCUT2D eigenvalue weighted by Gasteiger charge is -2.25. The highest BCUT2D eigenvalue weighted by atomic mass is 32.2. The molecule has 0 spiro atoms. The van der Waals surface area contributed by atoms with Gasteiger partial charge < -0.3 is 9.88 Å². The van der Waals surface area contributed by atoms with E-state index in [2.05, 4.69) is 88.7 Å². The third-order valence-electron chi connectivity index (χ3n) is 6.42. The molecule has 0 aliphatic rings. The number of nitrogens with one attached hydrogen (secondary N) is 1. The average molecular weight is 473 g/mol. The zero-order valence-corrected chi connectivity index (χ0v) is 20.1. The third-order valence-corrected chi connectivity index (χ3v) is 7.36. The van der Waals surface area contributed by atoms with Gasteiger partial charge in [0.1, 0.15) is 0 Å². The number of hydrogen-bond donors (Lipinski definition) is 1. The maximum Gasteiger partial charge on any atom is 0.0544 e. The Morgan fingerprint density at radius 1 is 0.600 bits per heavy atom. The first-order valence-electron chi connectivity index (χ1n) is 11.6. The Balaban J connectivity index is 1.43. The maximum atomic E-state index is 11.9. The fourth-order valence-corrected chi connectivity index (χ4v) is 5.23. The van der Waals surface area contributed by atoms with Crippen LogP contribution < -0.4 is 4.90 Å². The highest BCUT2D eigenvalue weighted by Crippen LogP contribution is 2.37. The predicted octanol–water partition coefficient (Wildman–Crippen LogP) is 8.20. The van der Waals surface area contributed by atoms with E-state index in [1.54, 1.807) is 6.26 Å². The van der Waals surface area contributed by atoms with E-state index in [-0.39, 0.29) is 0 Å². The Kier molecular flexibility index (Phi) is 5.44. The second kappa shape index (κ2) is 8.90. The molecule has 170 valence electrons. The van der Waals surface area contributed by atoms with Gasteiger partial charge in [0.05, 0.1) is 5.52 Å². The molecule has 1 heterocycles. The highest BCUT2D eigenvalue weighted by molar-refractivity contribution is 7.84. The van der Waals surface area contributed by atoms with Gasteiger partial charge >= 0.3 is 0 Å². The largest absolute Gasteiger partial charge is 0.354 e. The standard InChI is InChI=1S/C31H24N2OS/c1-35(34)26-20-18-25(19-21-26)33(23-8-3-2-4-9-23)24-16-14-22(15-17-24)27-11-7-12-29-28-10-5-6-13-30(28)32-31(27)29/h2-21,32H,1H3. The molecule has 3 nitrogen and oxygen atoms in total. The molecule has 6 rings (SSSR count). The van der Waals surface area contributed by atoms with Crippen LogP contribution in [-0.4, -0.2) is 15.4 Å². The van der Waals surface area contributed by atoms with Crippen molar-refractivity contribution in [3.63, 3.8) is 0 Å². The van der Waals surface area contributed by atoms with Crippen molar-refractivity contribution in [1.29, 1.82) is 0 Å². The maximum absolute atomic E-state index is 11.9. The molecule has 0 saturated carbocycles. The van der Waals surface area contributed by atoms with Crippen LogP contribution in [0.15, 0.2) is 126 Å². The van der Waals surface area contributed by atoms with Gasteiger partial charge in [-0.25, -0.2) is 0 Å². The van der Waals surface area contributed by atoms with Crippen molar-refractivity contribution in [1.82, 2.24) is 4.98 Å². The minimum Gasteiger partial charge on any atom is -0.354 e. The van der Waals surface area contributed by atoms with E-state index in [1.807, 2.05) is 42.5 Å². The van der Waals surface area contributed by atoms with Crippen LogP contribution in [0, 0.1) is 0 Å². The van der Waals surface area contributed by atoms with Gasteiger partial charge in [0.25, 0.3) is 0 Å². The third kappa shape index (κ3) is 3.92. The van der Waals surface area contributed by atoms with Gasteiger partial charge in [-0.05, 0) is 60.2 Å². The van der Waals surface area contributed by atoms with Gasteiger partial charge in [0.15, 0.2) is 0 Å². The molecule has 0 saturated heterocycles. The molecular formula is C31H24N2OS. The van der Waals surface area contributed by atoms with Crippen LogP contribution in [-0.2, 0) is 10.8 Å². The number of hydrogen-bond acceptors (Lipinski definition) is 2. The summed E-state index contributed by atoms with van der Waals surface area (Å²) in [5, 5.41) is 2.48. The van der Waals surface area contributed by atoms with Crippen molar-refractivity contribution in [2.24, 2.45) is 0 Å². The number of nitrogens with zero attached hydrogens (tertiary/aromatic N) is 1. The van der Waals surface area contributed by atoms with Crippen LogP contribution in [0.4, 0.5) is 17.1 Å². The SMILES string of the molecule is CS(=O)c1ccc(N(c2ccccc2)c2ccc(-c3cccc4c3[nH]c3ccccc34)cc2)cc1. The van der Waals surface area contributed by atoms with Crippen LogP contribution in [0.1, 0.15) is 0 Å². The molecule has 0 fully saturated rings. The Morgan fingerprint density at radius 3 is 1.91 bits per heavy atom. The monoisotopic (exact) mass is 472 g/mol. The molecule has 1 unspecified atom stereocenters. The van der Waals surface area contributed by atoms with Crippen LogP contribution in [0.25, 0.3) is 32.9 Å². The first-order valence-corrected chi connectivity index (χ1v) is 13.1. The topological polar surface area (TPSA) is 36.1 Å². The van der Waals surface area contributed by atoms with E-state index in [1.165, 1.54) is 16.3 Å². The lowest BCUT2D eigenvalue weighted by Crippen LogP contribution is -2.09. The summed E-state index contributed by atoms with van der Waals surface area (Å²) >= 11 is 0. The second-order valence-electron chi connectivity index (χ2n) is 8.56. The summed E-state index contributed by atoms with van der Waals surface area (Å²) in [6, 6.07) is 41.9. The van der Waals surface area contributed by atoms with Gasteiger partial charge in [-0.3, -0.25) is 4.21 Å². The summed E-state index contributed by atoms with van der Waals surface area (Å²) < 4.78 is 11.9. The summed E-state index contributed by atoms with van der Waals surface area (Å²) in [4.78, 5) is 6.65. The smallest absolute Gasteiger partial charge is 0.0544 e. The summed E-state index contributed by atoms with van der Waals surface area (Å²) in [5.41, 5.74) is 7.82. The summed E-state index contributed by atoms with van der Waals surface area (Å²) in [7, 11) is -1.00. The van der Waals surface area contributed by atoms with Crippen LogP contribution in [0.3, 0.4) is 0 Å². The zero-order valence-electron chi connectivity index (χ0n) is 19.3. The van der Waals surface area contributed by atoms with Crippen molar-refractivity contribution >= 4 is 49.7 Å². The highest BCUT2D eigenvalue weighted by Gasteiger charge is 2.14. The first kappa shape index (κ1) is 21.4. The Morgan fingerprint density at radius 2 is 1.20 bits per heavy atom. The minimum absolute atomic E-state index is 0.823. The summed E-state index contributed by atoms with van der Waals surface area (Å²) in [6.07, 6.45) is 1.70. The van der Waals surface area contributed by atoms with Crippen molar-refractivity contribution in [3.8, 4) is 11.1 Å². The van der Waals surface area contributed by atoms with Gasteiger partial charge in [-0.2, -0.15) is 0 Å². The predicted molar refractivity (Wildman–Crippen MR) is 148 cm³/mol. The quantitative estimate of drug-likeness (QED) is 0.274. The molecule has 1 atom stereocenters. The van der Waals surface area contributed by atoms with Crippen LogP contribution in [0.2, 0.25) is 0 Å². The molecule has 0 radical (unpaired) electrons. The molecule has 1 N–H and O–H groups in total. The number of H-pyrrole nitrogens is 1. The van der Waals surface area contributed by atoms with Gasteiger partial charge in [-0.1, -0.05) is 66.7 Å². The normalized spacial score (nSPS) is 12.1. The van der Waals surface area contributed by atoms with Crippen molar-refractivity contribution in [3.05, 3.63) is 121 Å². The average Bonchev–Trinajstić information content (AvgIpc) is 3.29. The van der Waals surface area contributed by atoms with Crippen LogP contribution in [0.5, 0.6) is 0 Å². The molecule has 0 aliphatic heterocycles. The second-order valence-corrected chi connectivity index (χ2v) is 9.94. The van der Waals surface area contributed by atoms with Crippen molar-refractivity contribution < 1.29 is 4.21 Å². The minimum atomic E-state index is -1.00. The molecule has 35 heavy (non-hydrogen) atoms. The Labute approximate surface area is 207 Å². The van der Waals surface area contributed by atoms with Crippen molar-refractivity contribution in [2.45, 2.75) is 4.90 Å². The zero-order chi connectivity index (χ0) is 23.8. The van der Waals surface area contributed by atoms with Gasteiger partial charge in [-0.15, -0.1) is 0 Å². The molecule has 0 bridgehead atoms. The van der Waals surface area contributed by atoms with E-state index in [4.69, 9.17) is 0 Å². The molecule has 4 heteroatoms. The van der Waals surface area contributed by atoms with Crippen molar-refractivity contribution in [2.75, 3.05) is 11.2 Å². The molecule has 1 aromatic heterocycles. The van der Waals surface area contributed by atoms with E-state index < -0.39 is 10.8 Å². The molecular weight excluding hydrogens is 448 g/mol. The Hall–Kier alpha value is -4.15. The van der Waals surface area contributed by atoms with E-state index in [0.29, 0.717) is 0 Å². The Bertz CT molecular complexity index is 1650. The van der Waals surface area contributed by atoms with Gasteiger partial charge in [0, 0.05) is 60.9 Å². The molecule has 6 aromatic rings. The lowest BCUT2D eigenvalue weighted by atomic mass is 10.0. The van der Waals surface area contributed by atoms with Crippen LogP contribution >= 0.6 is 0 Å². The number of para-hydroxylation sites is 3. The summed E-state index contributed by atoms with van der Waals surface area (Å²) in [5.74, 6) is 0. The lowest BCUT2D eigenvalue weighted by molar-refractivity contribution is 0.687. The van der Waals surface area contributed by atoms with Gasteiger partial charge in [0.2, 0.25) is 0 Å². The number of anilines is 3. The number of rotatable bonds is 5. The molecule has 0 aliphatic carbocycles. The number of benzene rings is 5. The molecule has 0 amide bonds. The fourth-order valence-electron chi connectivity index (χ4n) is 4.71.